The Kier molecular flexibility index (Phi) is 4.15. The van der Waals surface area contributed by atoms with Gasteiger partial charge in [0, 0.05) is 30.4 Å². The highest BCUT2D eigenvalue weighted by Crippen LogP contribution is 2.27. The molecule has 0 radical (unpaired) electrons. The van der Waals surface area contributed by atoms with Crippen LogP contribution in [0.15, 0.2) is 18.9 Å². The van der Waals surface area contributed by atoms with Crippen LogP contribution < -0.4 is 5.32 Å². The molecule has 2 heterocycles. The molecule has 96 valence electrons. The molecule has 0 aliphatic heterocycles. The van der Waals surface area contributed by atoms with Gasteiger partial charge in [0.2, 0.25) is 0 Å². The van der Waals surface area contributed by atoms with E-state index in [9.17, 15) is 0 Å². The van der Waals surface area contributed by atoms with Crippen LogP contribution >= 0.6 is 11.6 Å². The summed E-state index contributed by atoms with van der Waals surface area (Å²) in [6.07, 6.45) is 5.83. The third-order valence-electron chi connectivity index (χ3n) is 2.65. The molecule has 6 heteroatoms. The monoisotopic (exact) mass is 265 g/mol. The van der Waals surface area contributed by atoms with Gasteiger partial charge in [-0.3, -0.25) is 0 Å². The summed E-state index contributed by atoms with van der Waals surface area (Å²) in [5, 5.41) is 3.81. The molecule has 0 fully saturated rings. The number of H-pyrrole nitrogens is 1. The van der Waals surface area contributed by atoms with Gasteiger partial charge in [-0.2, -0.15) is 0 Å². The van der Waals surface area contributed by atoms with Crippen LogP contribution in [0.25, 0.3) is 0 Å². The molecule has 0 aromatic carbocycles. The molecule has 0 unspecified atom stereocenters. The van der Waals surface area contributed by atoms with Gasteiger partial charge in [0.25, 0.3) is 0 Å². The summed E-state index contributed by atoms with van der Waals surface area (Å²) >= 11 is 6.10. The predicted octanol–water partition coefficient (Wildman–Crippen LogP) is 2.63. The van der Waals surface area contributed by atoms with Crippen molar-refractivity contribution in [3.63, 3.8) is 0 Å². The van der Waals surface area contributed by atoms with Crippen molar-refractivity contribution in [2.24, 2.45) is 0 Å². The second-order valence-corrected chi connectivity index (χ2v) is 4.69. The van der Waals surface area contributed by atoms with Crippen molar-refractivity contribution in [1.29, 1.82) is 0 Å². The van der Waals surface area contributed by atoms with Gasteiger partial charge in [0.1, 0.15) is 17.3 Å². The van der Waals surface area contributed by atoms with E-state index in [-0.39, 0.29) is 5.92 Å². The molecule has 0 saturated carbocycles. The van der Waals surface area contributed by atoms with Crippen molar-refractivity contribution in [2.75, 3.05) is 11.9 Å². The largest absolute Gasteiger partial charge is 0.369 e. The maximum Gasteiger partial charge on any atom is 0.138 e. The topological polar surface area (TPSA) is 66.5 Å². The van der Waals surface area contributed by atoms with E-state index < -0.39 is 0 Å². The quantitative estimate of drug-likeness (QED) is 0.816. The molecule has 0 atom stereocenters. The maximum atomic E-state index is 6.10. The predicted molar refractivity (Wildman–Crippen MR) is 71.9 cm³/mol. The second kappa shape index (κ2) is 5.82. The van der Waals surface area contributed by atoms with Crippen LogP contribution in [0.5, 0.6) is 0 Å². The van der Waals surface area contributed by atoms with Crippen molar-refractivity contribution in [3.8, 4) is 0 Å². The van der Waals surface area contributed by atoms with E-state index in [2.05, 4.69) is 39.1 Å². The second-order valence-electron chi connectivity index (χ2n) is 4.34. The number of rotatable bonds is 5. The molecular formula is C12H16ClN5. The lowest BCUT2D eigenvalue weighted by Gasteiger charge is -2.13. The van der Waals surface area contributed by atoms with Crippen LogP contribution in [0, 0.1) is 0 Å². The smallest absolute Gasteiger partial charge is 0.138 e. The molecule has 0 aliphatic carbocycles. The van der Waals surface area contributed by atoms with Gasteiger partial charge in [0.15, 0.2) is 0 Å². The van der Waals surface area contributed by atoms with Gasteiger partial charge >= 0.3 is 0 Å². The molecule has 0 saturated heterocycles. The van der Waals surface area contributed by atoms with Crippen LogP contribution in [-0.2, 0) is 6.42 Å². The highest BCUT2D eigenvalue weighted by molar-refractivity contribution is 6.30. The molecule has 0 amide bonds. The minimum Gasteiger partial charge on any atom is -0.369 e. The van der Waals surface area contributed by atoms with Crippen molar-refractivity contribution in [2.45, 2.75) is 26.2 Å². The van der Waals surface area contributed by atoms with Gasteiger partial charge in [0.05, 0.1) is 6.33 Å². The Balaban J connectivity index is 2.03. The summed E-state index contributed by atoms with van der Waals surface area (Å²) in [6.45, 7) is 4.92. The number of nitrogens with zero attached hydrogens (tertiary/aromatic N) is 3. The Morgan fingerprint density at radius 2 is 2.22 bits per heavy atom. The van der Waals surface area contributed by atoms with Crippen LogP contribution in [0.2, 0.25) is 5.15 Å². The molecule has 0 bridgehead atoms. The Hall–Kier alpha value is -1.62. The minimum atomic E-state index is 0.286. The van der Waals surface area contributed by atoms with Gasteiger partial charge < -0.3 is 10.3 Å². The number of hydrogen-bond acceptors (Lipinski definition) is 4. The first-order valence-corrected chi connectivity index (χ1v) is 6.27. The van der Waals surface area contributed by atoms with Gasteiger partial charge in [-0.05, 0) is 5.92 Å². The summed E-state index contributed by atoms with van der Waals surface area (Å²) in [5.41, 5.74) is 2.05. The molecule has 0 aliphatic rings. The minimum absolute atomic E-state index is 0.286. The zero-order valence-electron chi connectivity index (χ0n) is 10.4. The molecule has 5 nitrogen and oxygen atoms in total. The maximum absolute atomic E-state index is 6.10. The number of hydrogen-bond donors (Lipinski definition) is 2. The lowest BCUT2D eigenvalue weighted by Crippen LogP contribution is -2.10. The first kappa shape index (κ1) is 12.8. The zero-order chi connectivity index (χ0) is 13.0. The fourth-order valence-corrected chi connectivity index (χ4v) is 2.11. The van der Waals surface area contributed by atoms with Crippen molar-refractivity contribution in [3.05, 3.63) is 35.3 Å². The average molecular weight is 266 g/mol. The Morgan fingerprint density at radius 1 is 1.39 bits per heavy atom. The first-order valence-electron chi connectivity index (χ1n) is 5.90. The van der Waals surface area contributed by atoms with E-state index in [0.717, 1.165) is 30.0 Å². The van der Waals surface area contributed by atoms with Crippen LogP contribution in [0.3, 0.4) is 0 Å². The number of anilines is 1. The molecule has 2 N–H and O–H groups in total. The van der Waals surface area contributed by atoms with Gasteiger partial charge in [-0.15, -0.1) is 0 Å². The van der Waals surface area contributed by atoms with E-state index in [4.69, 9.17) is 11.6 Å². The van der Waals surface area contributed by atoms with Crippen LogP contribution in [0.4, 0.5) is 5.82 Å². The lowest BCUT2D eigenvalue weighted by atomic mass is 10.1. The number of aromatic nitrogens is 4. The molecule has 2 rings (SSSR count). The number of aromatic amines is 1. The highest BCUT2D eigenvalue weighted by Gasteiger charge is 2.12. The fourth-order valence-electron chi connectivity index (χ4n) is 1.76. The summed E-state index contributed by atoms with van der Waals surface area (Å²) in [5.74, 6) is 1.10. The zero-order valence-corrected chi connectivity index (χ0v) is 11.2. The van der Waals surface area contributed by atoms with E-state index >= 15 is 0 Å². The highest BCUT2D eigenvalue weighted by atomic mass is 35.5. The average Bonchev–Trinajstić information content (AvgIpc) is 2.81. The van der Waals surface area contributed by atoms with Crippen molar-refractivity contribution in [1.82, 2.24) is 19.9 Å². The summed E-state index contributed by atoms with van der Waals surface area (Å²) < 4.78 is 0. The first-order chi connectivity index (χ1) is 8.68. The Labute approximate surface area is 111 Å². The van der Waals surface area contributed by atoms with Gasteiger partial charge in [-0.25, -0.2) is 15.0 Å². The third kappa shape index (κ3) is 2.98. The van der Waals surface area contributed by atoms with Crippen molar-refractivity contribution < 1.29 is 0 Å². The molecule has 2 aromatic rings. The summed E-state index contributed by atoms with van der Waals surface area (Å²) in [6, 6.07) is 0. The van der Waals surface area contributed by atoms with Gasteiger partial charge in [-0.1, -0.05) is 25.4 Å². The lowest BCUT2D eigenvalue weighted by molar-refractivity contribution is 0.841. The van der Waals surface area contributed by atoms with Crippen LogP contribution in [-0.4, -0.2) is 26.5 Å². The number of nitrogens with one attached hydrogen (secondary N) is 2. The number of imidazole rings is 1. The molecule has 18 heavy (non-hydrogen) atoms. The SMILES string of the molecule is CC(C)c1c(Cl)ncnc1NCCc1cnc[nH]1. The van der Waals surface area contributed by atoms with Crippen molar-refractivity contribution >= 4 is 17.4 Å². The standard InChI is InChI=1S/C12H16ClN5/c1-8(2)10-11(13)17-7-18-12(10)15-4-3-9-5-14-6-16-9/h5-8H,3-4H2,1-2H3,(H,14,16)(H,15,17,18). The number of halogens is 1. The Bertz CT molecular complexity index is 495. The normalized spacial score (nSPS) is 10.9. The molecular weight excluding hydrogens is 250 g/mol. The van der Waals surface area contributed by atoms with Crippen LogP contribution in [0.1, 0.15) is 31.0 Å². The summed E-state index contributed by atoms with van der Waals surface area (Å²) in [7, 11) is 0. The summed E-state index contributed by atoms with van der Waals surface area (Å²) in [4.78, 5) is 15.3. The van der Waals surface area contributed by atoms with E-state index in [1.54, 1.807) is 6.33 Å². The Morgan fingerprint density at radius 3 is 2.89 bits per heavy atom. The molecule has 0 spiro atoms. The fraction of sp³-hybridized carbons (Fsp3) is 0.417. The van der Waals surface area contributed by atoms with E-state index in [1.165, 1.54) is 6.33 Å². The van der Waals surface area contributed by atoms with E-state index in [1.807, 2.05) is 6.20 Å². The third-order valence-corrected chi connectivity index (χ3v) is 2.96. The van der Waals surface area contributed by atoms with E-state index in [0.29, 0.717) is 5.15 Å². The molecule has 2 aromatic heterocycles.